The average Bonchev–Trinajstić information content (AvgIpc) is 3.05. The Labute approximate surface area is 143 Å². The van der Waals surface area contributed by atoms with Gasteiger partial charge in [0.15, 0.2) is 0 Å². The molecule has 24 heavy (non-hydrogen) atoms. The van der Waals surface area contributed by atoms with E-state index in [9.17, 15) is 4.79 Å². The zero-order valence-corrected chi connectivity index (χ0v) is 14.6. The summed E-state index contributed by atoms with van der Waals surface area (Å²) >= 11 is 0. The van der Waals surface area contributed by atoms with Gasteiger partial charge in [0.25, 0.3) is 0 Å². The van der Waals surface area contributed by atoms with Gasteiger partial charge >= 0.3 is 5.97 Å². The Balaban J connectivity index is 1.87. The quantitative estimate of drug-likeness (QED) is 0.765. The van der Waals surface area contributed by atoms with Crippen LogP contribution in [0.3, 0.4) is 0 Å². The molecule has 1 aliphatic rings. The fraction of sp³-hybridized carbons (Fsp3) is 0.579. The van der Waals surface area contributed by atoms with E-state index in [1.807, 2.05) is 19.2 Å². The van der Waals surface area contributed by atoms with Crippen LogP contribution in [0.15, 0.2) is 18.5 Å². The molecule has 0 amide bonds. The number of anilines is 1. The number of nitrogens with zero attached hydrogens (tertiary/aromatic N) is 1. The molecule has 2 aromatic rings. The third-order valence-corrected chi connectivity index (χ3v) is 4.91. The molecule has 2 N–H and O–H groups in total. The first kappa shape index (κ1) is 16.8. The van der Waals surface area contributed by atoms with Gasteiger partial charge < -0.3 is 15.0 Å². The van der Waals surface area contributed by atoms with Gasteiger partial charge in [-0.05, 0) is 31.7 Å². The van der Waals surface area contributed by atoms with E-state index in [1.165, 1.54) is 32.1 Å². The van der Waals surface area contributed by atoms with Crippen LogP contribution in [-0.4, -0.2) is 28.6 Å². The number of hydrogen-bond acceptors (Lipinski definition) is 4. The smallest absolute Gasteiger partial charge is 0.341 e. The summed E-state index contributed by atoms with van der Waals surface area (Å²) in [5.41, 5.74) is 2.19. The van der Waals surface area contributed by atoms with Gasteiger partial charge in [0.2, 0.25) is 0 Å². The van der Waals surface area contributed by atoms with Crippen molar-refractivity contribution in [1.29, 1.82) is 0 Å². The van der Waals surface area contributed by atoms with Crippen LogP contribution in [0.25, 0.3) is 11.0 Å². The van der Waals surface area contributed by atoms with E-state index < -0.39 is 0 Å². The fourth-order valence-electron chi connectivity index (χ4n) is 3.82. The number of H-pyrrole nitrogens is 1. The third kappa shape index (κ3) is 3.55. The molecule has 5 heteroatoms. The highest BCUT2D eigenvalue weighted by atomic mass is 16.5. The summed E-state index contributed by atoms with van der Waals surface area (Å²) in [5, 5.41) is 4.60. The molecule has 3 rings (SSSR count). The summed E-state index contributed by atoms with van der Waals surface area (Å²) in [4.78, 5) is 19.8. The van der Waals surface area contributed by atoms with Crippen LogP contribution in [0.5, 0.6) is 0 Å². The normalized spacial score (nSPS) is 20.9. The summed E-state index contributed by atoms with van der Waals surface area (Å²) in [6.45, 7) is 4.44. The highest BCUT2D eigenvalue weighted by Gasteiger charge is 2.24. The summed E-state index contributed by atoms with van der Waals surface area (Å²) in [5.74, 6) is 0.479. The minimum absolute atomic E-state index is 0.309. The number of carbonyl (C=O) groups is 1. The Morgan fingerprint density at radius 1 is 1.42 bits per heavy atom. The van der Waals surface area contributed by atoms with Gasteiger partial charge in [-0.2, -0.15) is 0 Å². The average molecular weight is 329 g/mol. The second kappa shape index (κ2) is 7.69. The van der Waals surface area contributed by atoms with Crippen molar-refractivity contribution in [2.75, 3.05) is 11.9 Å². The first-order valence-electron chi connectivity index (χ1n) is 9.12. The monoisotopic (exact) mass is 329 g/mol. The van der Waals surface area contributed by atoms with Crippen molar-refractivity contribution in [3.63, 3.8) is 0 Å². The van der Waals surface area contributed by atoms with Gasteiger partial charge in [0, 0.05) is 23.8 Å². The summed E-state index contributed by atoms with van der Waals surface area (Å²) in [6.07, 6.45) is 10.9. The largest absolute Gasteiger partial charge is 0.462 e. The van der Waals surface area contributed by atoms with Crippen LogP contribution in [-0.2, 0) is 4.74 Å². The molecule has 0 bridgehead atoms. The molecule has 0 aromatic carbocycles. The number of ether oxygens (including phenoxy) is 1. The van der Waals surface area contributed by atoms with Crippen LogP contribution >= 0.6 is 0 Å². The predicted octanol–water partition coefficient (Wildman–Crippen LogP) is 4.51. The molecule has 1 aliphatic carbocycles. The van der Waals surface area contributed by atoms with Crippen molar-refractivity contribution in [3.05, 3.63) is 24.0 Å². The standard InChI is InChI=1S/C19H27N3O2/c1-3-6-13-7-5-8-14(11-13)22-17-15-9-10-20-18(15)21-12-16(17)19(23)24-4-2/h9-10,12-14H,3-8,11H2,1-2H3,(H2,20,21,22)/t13-,14+/m0/s1. The molecule has 130 valence electrons. The van der Waals surface area contributed by atoms with Gasteiger partial charge in [-0.1, -0.05) is 32.6 Å². The number of nitrogens with one attached hydrogen (secondary N) is 2. The van der Waals surface area contributed by atoms with Gasteiger partial charge in [0.05, 0.1) is 12.3 Å². The topological polar surface area (TPSA) is 67.0 Å². The highest BCUT2D eigenvalue weighted by Crippen LogP contribution is 2.33. The van der Waals surface area contributed by atoms with E-state index in [0.717, 1.165) is 29.1 Å². The molecule has 0 saturated heterocycles. The number of carbonyl (C=O) groups excluding carboxylic acids is 1. The van der Waals surface area contributed by atoms with Crippen molar-refractivity contribution in [1.82, 2.24) is 9.97 Å². The number of rotatable bonds is 6. The lowest BCUT2D eigenvalue weighted by Crippen LogP contribution is -2.28. The lowest BCUT2D eigenvalue weighted by Gasteiger charge is -2.31. The van der Waals surface area contributed by atoms with E-state index in [2.05, 4.69) is 22.2 Å². The molecule has 5 nitrogen and oxygen atoms in total. The molecule has 1 fully saturated rings. The van der Waals surface area contributed by atoms with E-state index in [0.29, 0.717) is 18.2 Å². The van der Waals surface area contributed by atoms with Crippen LogP contribution in [0.4, 0.5) is 5.69 Å². The number of aromatic nitrogens is 2. The van der Waals surface area contributed by atoms with Crippen molar-refractivity contribution in [3.8, 4) is 0 Å². The van der Waals surface area contributed by atoms with Crippen LogP contribution < -0.4 is 5.32 Å². The van der Waals surface area contributed by atoms with Gasteiger partial charge in [-0.3, -0.25) is 0 Å². The highest BCUT2D eigenvalue weighted by molar-refractivity contribution is 6.04. The van der Waals surface area contributed by atoms with Crippen molar-refractivity contribution in [2.45, 2.75) is 58.4 Å². The van der Waals surface area contributed by atoms with E-state index in [-0.39, 0.29) is 5.97 Å². The molecule has 1 saturated carbocycles. The number of esters is 1. The van der Waals surface area contributed by atoms with Gasteiger partial charge in [-0.15, -0.1) is 0 Å². The van der Waals surface area contributed by atoms with E-state index in [1.54, 1.807) is 6.20 Å². The molecule has 0 spiro atoms. The Bertz CT molecular complexity index is 693. The third-order valence-electron chi connectivity index (χ3n) is 4.91. The first-order valence-corrected chi connectivity index (χ1v) is 9.12. The molecular formula is C19H27N3O2. The Kier molecular flexibility index (Phi) is 5.38. The first-order chi connectivity index (χ1) is 11.7. The van der Waals surface area contributed by atoms with Crippen molar-refractivity contribution >= 4 is 22.7 Å². The Morgan fingerprint density at radius 2 is 2.29 bits per heavy atom. The lowest BCUT2D eigenvalue weighted by molar-refractivity contribution is 0.0527. The maximum Gasteiger partial charge on any atom is 0.341 e. The predicted molar refractivity (Wildman–Crippen MR) is 96.3 cm³/mol. The second-order valence-corrected chi connectivity index (χ2v) is 6.67. The zero-order valence-electron chi connectivity index (χ0n) is 14.6. The number of hydrogen-bond donors (Lipinski definition) is 2. The minimum Gasteiger partial charge on any atom is -0.462 e. The molecule has 2 aromatic heterocycles. The van der Waals surface area contributed by atoms with E-state index in [4.69, 9.17) is 4.74 Å². The zero-order chi connectivity index (χ0) is 16.9. The molecular weight excluding hydrogens is 302 g/mol. The van der Waals surface area contributed by atoms with Crippen LogP contribution in [0, 0.1) is 5.92 Å². The molecule has 0 aliphatic heterocycles. The Hall–Kier alpha value is -2.04. The molecule has 0 unspecified atom stereocenters. The maximum atomic E-state index is 12.3. The van der Waals surface area contributed by atoms with E-state index >= 15 is 0 Å². The number of aromatic amines is 1. The van der Waals surface area contributed by atoms with Crippen molar-refractivity contribution in [2.24, 2.45) is 5.92 Å². The summed E-state index contributed by atoms with van der Waals surface area (Å²) in [7, 11) is 0. The maximum absolute atomic E-state index is 12.3. The summed E-state index contributed by atoms with van der Waals surface area (Å²) in [6, 6.07) is 2.38. The molecule has 2 atom stereocenters. The summed E-state index contributed by atoms with van der Waals surface area (Å²) < 4.78 is 5.21. The molecule has 0 radical (unpaired) electrons. The van der Waals surface area contributed by atoms with Crippen LogP contribution in [0.2, 0.25) is 0 Å². The van der Waals surface area contributed by atoms with Gasteiger partial charge in [0.1, 0.15) is 11.2 Å². The number of pyridine rings is 1. The lowest BCUT2D eigenvalue weighted by atomic mass is 9.83. The minimum atomic E-state index is -0.309. The number of fused-ring (bicyclic) bond motifs is 1. The van der Waals surface area contributed by atoms with Crippen molar-refractivity contribution < 1.29 is 9.53 Å². The molecule has 2 heterocycles. The second-order valence-electron chi connectivity index (χ2n) is 6.67. The SMILES string of the molecule is CCC[C@H]1CCC[C@@H](Nc2c(C(=O)OCC)cnc3[nH]ccc23)C1. The van der Waals surface area contributed by atoms with Gasteiger partial charge in [-0.25, -0.2) is 9.78 Å². The Morgan fingerprint density at radius 3 is 3.08 bits per heavy atom. The fourth-order valence-corrected chi connectivity index (χ4v) is 3.82. The van der Waals surface area contributed by atoms with Crippen LogP contribution in [0.1, 0.15) is 62.7 Å².